The van der Waals surface area contributed by atoms with Crippen molar-refractivity contribution in [2.75, 3.05) is 20.1 Å². The lowest BCUT2D eigenvalue weighted by Gasteiger charge is -2.22. The molecule has 1 aromatic carbocycles. The van der Waals surface area contributed by atoms with Crippen LogP contribution in [-0.2, 0) is 0 Å². The molecule has 1 aromatic rings. The highest BCUT2D eigenvalue weighted by atomic mass is 35.5. The van der Waals surface area contributed by atoms with Crippen molar-refractivity contribution in [3.8, 4) is 0 Å². The number of nitrogens with one attached hydrogen (secondary N) is 1. The number of hydrazone groups is 1. The Hall–Kier alpha value is -1.99. The number of hydrogen-bond acceptors (Lipinski definition) is 5. The Kier molecular flexibility index (Phi) is 4.87. The van der Waals surface area contributed by atoms with E-state index < -0.39 is 10.8 Å². The predicted molar refractivity (Wildman–Crippen MR) is 79.7 cm³/mol. The fourth-order valence-electron chi connectivity index (χ4n) is 1.98. The molecule has 1 fully saturated rings. The monoisotopic (exact) mass is 310 g/mol. The van der Waals surface area contributed by atoms with E-state index in [1.54, 1.807) is 0 Å². The third kappa shape index (κ3) is 3.99. The molecule has 2 rings (SSSR count). The Morgan fingerprint density at radius 2 is 2.10 bits per heavy atom. The number of benzene rings is 1. The molecule has 1 amide bonds. The molecule has 7 nitrogen and oxygen atoms in total. The molecule has 8 heteroatoms. The van der Waals surface area contributed by atoms with Gasteiger partial charge in [-0.2, -0.15) is 5.10 Å². The third-order valence-electron chi connectivity index (χ3n) is 3.28. The van der Waals surface area contributed by atoms with E-state index in [2.05, 4.69) is 15.4 Å². The molecule has 0 unspecified atom stereocenters. The van der Waals surface area contributed by atoms with Crippen LogP contribution in [0.1, 0.15) is 23.2 Å². The van der Waals surface area contributed by atoms with Gasteiger partial charge in [-0.25, -0.2) is 5.43 Å². The van der Waals surface area contributed by atoms with Crippen LogP contribution in [0.5, 0.6) is 0 Å². The lowest BCUT2D eigenvalue weighted by molar-refractivity contribution is -0.384. The third-order valence-corrected chi connectivity index (χ3v) is 3.60. The highest BCUT2D eigenvalue weighted by molar-refractivity contribution is 6.32. The van der Waals surface area contributed by atoms with Crippen molar-refractivity contribution in [3.05, 3.63) is 38.9 Å². The molecule has 112 valence electrons. The highest BCUT2D eigenvalue weighted by Crippen LogP contribution is 2.24. The second-order valence-electron chi connectivity index (χ2n) is 4.85. The van der Waals surface area contributed by atoms with E-state index in [4.69, 9.17) is 11.6 Å². The van der Waals surface area contributed by atoms with Gasteiger partial charge in [-0.1, -0.05) is 11.6 Å². The van der Waals surface area contributed by atoms with Gasteiger partial charge in [0, 0.05) is 43.3 Å². The first kappa shape index (κ1) is 15.4. The molecule has 1 saturated heterocycles. The molecule has 0 saturated carbocycles. The van der Waals surface area contributed by atoms with Gasteiger partial charge < -0.3 is 4.90 Å². The van der Waals surface area contributed by atoms with E-state index in [1.165, 1.54) is 12.1 Å². The van der Waals surface area contributed by atoms with Crippen molar-refractivity contribution >= 4 is 28.9 Å². The maximum absolute atomic E-state index is 11.9. The summed E-state index contributed by atoms with van der Waals surface area (Å²) >= 11 is 5.70. The van der Waals surface area contributed by atoms with Crippen LogP contribution >= 0.6 is 11.6 Å². The van der Waals surface area contributed by atoms with Crippen LogP contribution in [0.15, 0.2) is 23.3 Å². The van der Waals surface area contributed by atoms with Crippen LogP contribution in [0, 0.1) is 10.1 Å². The molecule has 0 aliphatic carbocycles. The molecule has 0 aromatic heterocycles. The predicted octanol–water partition coefficient (Wildman–Crippen LogP) is 2.06. The molecule has 1 aliphatic heterocycles. The van der Waals surface area contributed by atoms with Gasteiger partial charge in [-0.15, -0.1) is 0 Å². The number of carbonyl (C=O) groups excluding carboxylic acids is 1. The summed E-state index contributed by atoms with van der Waals surface area (Å²) in [6.07, 6.45) is 1.61. The van der Waals surface area contributed by atoms with E-state index in [0.717, 1.165) is 37.7 Å². The smallest absolute Gasteiger partial charge is 0.288 e. The van der Waals surface area contributed by atoms with E-state index in [9.17, 15) is 14.9 Å². The topological polar surface area (TPSA) is 87.8 Å². The quantitative estimate of drug-likeness (QED) is 0.683. The minimum atomic E-state index is -0.623. The molecule has 1 heterocycles. The average Bonchev–Trinajstić information content (AvgIpc) is 2.46. The molecule has 0 radical (unpaired) electrons. The van der Waals surface area contributed by atoms with Crippen LogP contribution < -0.4 is 5.43 Å². The summed E-state index contributed by atoms with van der Waals surface area (Å²) in [5.41, 5.74) is 3.22. The van der Waals surface area contributed by atoms with E-state index >= 15 is 0 Å². The van der Waals surface area contributed by atoms with Gasteiger partial charge in [0.25, 0.3) is 11.6 Å². The van der Waals surface area contributed by atoms with Gasteiger partial charge in [-0.3, -0.25) is 14.9 Å². The number of hydrogen-bond donors (Lipinski definition) is 1. The van der Waals surface area contributed by atoms with Gasteiger partial charge in [0.2, 0.25) is 0 Å². The van der Waals surface area contributed by atoms with Crippen molar-refractivity contribution in [1.29, 1.82) is 0 Å². The van der Waals surface area contributed by atoms with Crippen molar-refractivity contribution in [2.45, 2.75) is 12.8 Å². The maximum Gasteiger partial charge on any atom is 0.288 e. The van der Waals surface area contributed by atoms with E-state index in [1.807, 2.05) is 7.05 Å². The normalized spacial score (nSPS) is 15.6. The molecule has 0 bridgehead atoms. The van der Waals surface area contributed by atoms with E-state index in [-0.39, 0.29) is 16.3 Å². The number of amides is 1. The van der Waals surface area contributed by atoms with Crippen LogP contribution in [-0.4, -0.2) is 41.6 Å². The van der Waals surface area contributed by atoms with Crippen molar-refractivity contribution in [2.24, 2.45) is 5.10 Å². The summed E-state index contributed by atoms with van der Waals surface area (Å²) in [5, 5.41) is 14.9. The first-order valence-corrected chi connectivity index (χ1v) is 6.83. The van der Waals surface area contributed by atoms with Crippen LogP contribution in [0.4, 0.5) is 5.69 Å². The van der Waals surface area contributed by atoms with E-state index in [0.29, 0.717) is 0 Å². The first-order chi connectivity index (χ1) is 9.97. The molecular weight excluding hydrogens is 296 g/mol. The Morgan fingerprint density at radius 3 is 2.71 bits per heavy atom. The number of nitrogens with zero attached hydrogens (tertiary/aromatic N) is 3. The summed E-state index contributed by atoms with van der Waals surface area (Å²) in [4.78, 5) is 24.3. The fourth-order valence-corrected chi connectivity index (χ4v) is 2.16. The molecule has 1 N–H and O–H groups in total. The number of nitro benzene ring substituents is 1. The number of nitro groups is 1. The summed E-state index contributed by atoms with van der Waals surface area (Å²) in [5.74, 6) is -0.485. The van der Waals surface area contributed by atoms with Crippen molar-refractivity contribution in [1.82, 2.24) is 10.3 Å². The lowest BCUT2D eigenvalue weighted by Crippen LogP contribution is -2.32. The molecule has 21 heavy (non-hydrogen) atoms. The first-order valence-electron chi connectivity index (χ1n) is 6.45. The van der Waals surface area contributed by atoms with Crippen LogP contribution in [0.3, 0.4) is 0 Å². The number of rotatable bonds is 3. The second kappa shape index (κ2) is 6.64. The average molecular weight is 311 g/mol. The maximum atomic E-state index is 11.9. The minimum Gasteiger partial charge on any atom is -0.306 e. The zero-order chi connectivity index (χ0) is 15.4. The van der Waals surface area contributed by atoms with Gasteiger partial charge in [-0.05, 0) is 19.2 Å². The Morgan fingerprint density at radius 1 is 1.43 bits per heavy atom. The fraction of sp³-hybridized carbons (Fsp3) is 0.385. The Bertz CT molecular complexity index is 593. The molecule has 1 aliphatic rings. The lowest BCUT2D eigenvalue weighted by atomic mass is 10.1. The SMILES string of the molecule is CN1CCC(=NNC(=O)c2ccc(Cl)c([N+](=O)[O-])c2)CC1. The second-order valence-corrected chi connectivity index (χ2v) is 5.25. The highest BCUT2D eigenvalue weighted by Gasteiger charge is 2.16. The zero-order valence-corrected chi connectivity index (χ0v) is 12.3. The van der Waals surface area contributed by atoms with Crippen LogP contribution in [0.2, 0.25) is 5.02 Å². The van der Waals surface area contributed by atoms with Gasteiger partial charge in [0.15, 0.2) is 0 Å². The number of piperidine rings is 1. The van der Waals surface area contributed by atoms with Gasteiger partial charge >= 0.3 is 0 Å². The number of likely N-dealkylation sites (tertiary alicyclic amines) is 1. The van der Waals surface area contributed by atoms with Gasteiger partial charge in [0.05, 0.1) is 4.92 Å². The largest absolute Gasteiger partial charge is 0.306 e. The zero-order valence-electron chi connectivity index (χ0n) is 11.5. The van der Waals surface area contributed by atoms with Crippen LogP contribution in [0.25, 0.3) is 0 Å². The summed E-state index contributed by atoms with van der Waals surface area (Å²) < 4.78 is 0. The standard InChI is InChI=1S/C13H15ClN4O3/c1-17-6-4-10(5-7-17)15-16-13(19)9-2-3-11(14)12(8-9)18(20)21/h2-3,8H,4-7H2,1H3,(H,16,19). The molecule has 0 atom stereocenters. The molecule has 0 spiro atoms. The Balaban J connectivity index is 2.05. The van der Waals surface area contributed by atoms with Crippen molar-refractivity contribution in [3.63, 3.8) is 0 Å². The van der Waals surface area contributed by atoms with Crippen molar-refractivity contribution < 1.29 is 9.72 Å². The molecular formula is C13H15ClN4O3. The summed E-state index contributed by atoms with van der Waals surface area (Å²) in [6.45, 7) is 1.81. The number of halogens is 1. The van der Waals surface area contributed by atoms with Gasteiger partial charge in [0.1, 0.15) is 5.02 Å². The number of carbonyl (C=O) groups is 1. The summed E-state index contributed by atoms with van der Waals surface area (Å²) in [6, 6.07) is 3.91. The Labute approximate surface area is 126 Å². The minimum absolute atomic E-state index is 0.00168. The summed E-state index contributed by atoms with van der Waals surface area (Å²) in [7, 11) is 2.03.